The van der Waals surface area contributed by atoms with Crippen LogP contribution in [0.25, 0.3) is 0 Å². The number of carbonyl (C=O) groups excluding carboxylic acids is 1. The Labute approximate surface area is 90.3 Å². The Balaban J connectivity index is 2.57. The third kappa shape index (κ3) is 2.30. The van der Waals surface area contributed by atoms with Crippen molar-refractivity contribution in [2.24, 2.45) is 11.3 Å². The van der Waals surface area contributed by atoms with Gasteiger partial charge in [-0.25, -0.2) is 0 Å². The highest BCUT2D eigenvalue weighted by molar-refractivity contribution is 6.04. The summed E-state index contributed by atoms with van der Waals surface area (Å²) in [7, 11) is 1.69. The smallest absolute Gasteiger partial charge is 0.319 e. The van der Waals surface area contributed by atoms with Crippen LogP contribution in [-0.2, 0) is 9.59 Å². The zero-order chi connectivity index (χ0) is 11.6. The van der Waals surface area contributed by atoms with Crippen LogP contribution in [-0.4, -0.2) is 35.5 Å². The summed E-state index contributed by atoms with van der Waals surface area (Å²) in [5.41, 5.74) is -1.08. The van der Waals surface area contributed by atoms with Crippen molar-refractivity contribution < 1.29 is 14.7 Å². The zero-order valence-electron chi connectivity index (χ0n) is 9.62. The minimum absolute atomic E-state index is 0.227. The molecule has 15 heavy (non-hydrogen) atoms. The van der Waals surface area contributed by atoms with Crippen LogP contribution in [0, 0.1) is 11.3 Å². The van der Waals surface area contributed by atoms with Crippen LogP contribution in [0.4, 0.5) is 0 Å². The molecule has 4 nitrogen and oxygen atoms in total. The lowest BCUT2D eigenvalue weighted by Crippen LogP contribution is -2.40. The molecule has 86 valence electrons. The third-order valence-electron chi connectivity index (χ3n) is 3.20. The summed E-state index contributed by atoms with van der Waals surface area (Å²) in [6, 6.07) is 0. The Kier molecular flexibility index (Phi) is 3.37. The van der Waals surface area contributed by atoms with E-state index in [1.165, 1.54) is 0 Å². The number of nitrogens with zero attached hydrogens (tertiary/aromatic N) is 1. The van der Waals surface area contributed by atoms with Crippen molar-refractivity contribution in [3.63, 3.8) is 0 Å². The summed E-state index contributed by atoms with van der Waals surface area (Å²) < 4.78 is 0. The second-order valence-corrected chi connectivity index (χ2v) is 4.59. The molecule has 1 fully saturated rings. The van der Waals surface area contributed by atoms with Crippen LogP contribution in [0.1, 0.15) is 33.1 Å². The highest BCUT2D eigenvalue weighted by Crippen LogP contribution is 2.47. The van der Waals surface area contributed by atoms with Crippen LogP contribution in [0.2, 0.25) is 0 Å². The van der Waals surface area contributed by atoms with Crippen molar-refractivity contribution in [1.82, 2.24) is 4.90 Å². The van der Waals surface area contributed by atoms with E-state index >= 15 is 0 Å². The van der Waals surface area contributed by atoms with Crippen LogP contribution in [0.5, 0.6) is 0 Å². The summed E-state index contributed by atoms with van der Waals surface area (Å²) in [5, 5.41) is 8.97. The molecule has 1 N–H and O–H groups in total. The predicted octanol–water partition coefficient (Wildman–Crippen LogP) is 1.36. The fraction of sp³-hybridized carbons (Fsp3) is 0.818. The average Bonchev–Trinajstić information content (AvgIpc) is 2.97. The van der Waals surface area contributed by atoms with E-state index in [1.54, 1.807) is 11.9 Å². The van der Waals surface area contributed by atoms with E-state index in [1.807, 2.05) is 0 Å². The number of carboxylic acid groups (broad SMARTS) is 1. The second kappa shape index (κ2) is 4.21. The third-order valence-corrected chi connectivity index (χ3v) is 3.20. The second-order valence-electron chi connectivity index (χ2n) is 4.59. The van der Waals surface area contributed by atoms with Gasteiger partial charge in [-0.2, -0.15) is 0 Å². The molecule has 1 unspecified atom stereocenters. The normalized spacial score (nSPS) is 19.4. The van der Waals surface area contributed by atoms with Gasteiger partial charge in [-0.05, 0) is 18.8 Å². The largest absolute Gasteiger partial charge is 0.480 e. The molecule has 1 atom stereocenters. The fourth-order valence-electron chi connectivity index (χ4n) is 1.69. The van der Waals surface area contributed by atoms with Gasteiger partial charge in [0, 0.05) is 13.6 Å². The first-order valence-electron chi connectivity index (χ1n) is 5.43. The van der Waals surface area contributed by atoms with Crippen LogP contribution in [0.3, 0.4) is 0 Å². The van der Waals surface area contributed by atoms with Gasteiger partial charge < -0.3 is 10.0 Å². The number of aliphatic carboxylic acids is 1. The molecule has 1 aliphatic rings. The number of amides is 1. The lowest BCUT2D eigenvalue weighted by molar-refractivity contribution is -0.153. The number of carbonyl (C=O) groups is 2. The van der Waals surface area contributed by atoms with Crippen molar-refractivity contribution in [1.29, 1.82) is 0 Å². The van der Waals surface area contributed by atoms with Crippen LogP contribution < -0.4 is 0 Å². The standard InChI is InChI=1S/C11H19NO3/c1-4-8(2)7-12(3)9(13)11(5-6-11)10(14)15/h8H,4-7H2,1-3H3,(H,14,15). The SMILES string of the molecule is CCC(C)CN(C)C(=O)C1(C(=O)O)CC1. The molecule has 0 aliphatic heterocycles. The Hall–Kier alpha value is -1.06. The summed E-state index contributed by atoms with van der Waals surface area (Å²) in [6.45, 7) is 4.77. The fourth-order valence-corrected chi connectivity index (χ4v) is 1.69. The molecule has 1 aliphatic carbocycles. The molecule has 0 aromatic carbocycles. The lowest BCUT2D eigenvalue weighted by atomic mass is 10.0. The summed E-state index contributed by atoms with van der Waals surface area (Å²) in [5.74, 6) is -0.776. The van der Waals surface area contributed by atoms with E-state index in [2.05, 4.69) is 13.8 Å². The van der Waals surface area contributed by atoms with Gasteiger partial charge in [-0.1, -0.05) is 20.3 Å². The lowest BCUT2D eigenvalue weighted by Gasteiger charge is -2.23. The van der Waals surface area contributed by atoms with E-state index < -0.39 is 11.4 Å². The van der Waals surface area contributed by atoms with E-state index in [0.717, 1.165) is 6.42 Å². The van der Waals surface area contributed by atoms with E-state index in [0.29, 0.717) is 25.3 Å². The summed E-state index contributed by atoms with van der Waals surface area (Å²) in [4.78, 5) is 24.4. The molecular formula is C11H19NO3. The van der Waals surface area contributed by atoms with Gasteiger partial charge >= 0.3 is 5.97 Å². The van der Waals surface area contributed by atoms with Crippen molar-refractivity contribution in [3.05, 3.63) is 0 Å². The Morgan fingerprint density at radius 2 is 2.00 bits per heavy atom. The van der Waals surface area contributed by atoms with Crippen molar-refractivity contribution in [2.75, 3.05) is 13.6 Å². The predicted molar refractivity (Wildman–Crippen MR) is 56.4 cm³/mol. The van der Waals surface area contributed by atoms with Crippen molar-refractivity contribution in [2.45, 2.75) is 33.1 Å². The molecule has 1 saturated carbocycles. The van der Waals surface area contributed by atoms with Crippen molar-refractivity contribution in [3.8, 4) is 0 Å². The van der Waals surface area contributed by atoms with Crippen LogP contribution >= 0.6 is 0 Å². The highest BCUT2D eigenvalue weighted by Gasteiger charge is 2.58. The molecule has 1 rings (SSSR count). The molecule has 1 amide bonds. The van der Waals surface area contributed by atoms with Crippen LogP contribution in [0.15, 0.2) is 0 Å². The van der Waals surface area contributed by atoms with E-state index in [9.17, 15) is 9.59 Å². The first kappa shape index (κ1) is 12.0. The maximum Gasteiger partial charge on any atom is 0.319 e. The molecule has 0 aromatic rings. The van der Waals surface area contributed by atoms with Gasteiger partial charge in [-0.3, -0.25) is 9.59 Å². The molecule has 0 saturated heterocycles. The first-order chi connectivity index (χ1) is 6.94. The number of carboxylic acids is 1. The van der Waals surface area contributed by atoms with Gasteiger partial charge in [0.1, 0.15) is 5.41 Å². The van der Waals surface area contributed by atoms with E-state index in [4.69, 9.17) is 5.11 Å². The number of hydrogen-bond donors (Lipinski definition) is 1. The maximum atomic E-state index is 11.9. The minimum Gasteiger partial charge on any atom is -0.480 e. The Bertz CT molecular complexity index is 271. The molecular weight excluding hydrogens is 194 g/mol. The Morgan fingerprint density at radius 3 is 2.33 bits per heavy atom. The van der Waals surface area contributed by atoms with Gasteiger partial charge in [0.25, 0.3) is 0 Å². The minimum atomic E-state index is -1.08. The number of hydrogen-bond acceptors (Lipinski definition) is 2. The maximum absolute atomic E-state index is 11.9. The molecule has 0 bridgehead atoms. The van der Waals surface area contributed by atoms with E-state index in [-0.39, 0.29) is 5.91 Å². The zero-order valence-corrected chi connectivity index (χ0v) is 9.62. The van der Waals surface area contributed by atoms with Gasteiger partial charge in [0.2, 0.25) is 5.91 Å². The molecule has 0 radical (unpaired) electrons. The average molecular weight is 213 g/mol. The first-order valence-corrected chi connectivity index (χ1v) is 5.43. The highest BCUT2D eigenvalue weighted by atomic mass is 16.4. The quantitative estimate of drug-likeness (QED) is 0.701. The molecule has 4 heteroatoms. The molecule has 0 aromatic heterocycles. The summed E-state index contributed by atoms with van der Waals surface area (Å²) >= 11 is 0. The monoisotopic (exact) mass is 213 g/mol. The molecule has 0 heterocycles. The van der Waals surface area contributed by atoms with Gasteiger partial charge in [0.15, 0.2) is 0 Å². The summed E-state index contributed by atoms with van der Waals surface area (Å²) in [6.07, 6.45) is 1.98. The number of rotatable bonds is 5. The van der Waals surface area contributed by atoms with Gasteiger partial charge in [-0.15, -0.1) is 0 Å². The molecule has 0 spiro atoms. The van der Waals surface area contributed by atoms with Gasteiger partial charge in [0.05, 0.1) is 0 Å². The Morgan fingerprint density at radius 1 is 1.47 bits per heavy atom. The van der Waals surface area contributed by atoms with Crippen molar-refractivity contribution >= 4 is 11.9 Å². The topological polar surface area (TPSA) is 57.6 Å².